The zero-order valence-electron chi connectivity index (χ0n) is 15.4. The fourth-order valence-corrected chi connectivity index (χ4v) is 3.55. The van der Waals surface area contributed by atoms with Crippen LogP contribution in [-0.4, -0.2) is 53.0 Å². The largest absolute Gasteiger partial charge is 0.481 e. The van der Waals surface area contributed by atoms with Crippen LogP contribution >= 0.6 is 0 Å². The third-order valence-electron chi connectivity index (χ3n) is 5.00. The second-order valence-corrected chi connectivity index (χ2v) is 6.84. The predicted molar refractivity (Wildman–Crippen MR) is 99.9 cm³/mol. The van der Waals surface area contributed by atoms with Crippen LogP contribution in [0, 0.1) is 11.6 Å². The number of carboxylic acids is 1. The molecule has 1 saturated heterocycles. The summed E-state index contributed by atoms with van der Waals surface area (Å²) in [5.41, 5.74) is 1.17. The van der Waals surface area contributed by atoms with Crippen molar-refractivity contribution in [2.45, 2.75) is 18.9 Å². The molecule has 0 unspecified atom stereocenters. The number of carbonyl (C=O) groups excluding carboxylic acids is 1. The van der Waals surface area contributed by atoms with Gasteiger partial charge < -0.3 is 10.0 Å². The lowest BCUT2D eigenvalue weighted by Gasteiger charge is -2.39. The summed E-state index contributed by atoms with van der Waals surface area (Å²) in [6.07, 6.45) is 0.406. The Kier molecular flexibility index (Phi) is 6.36. The summed E-state index contributed by atoms with van der Waals surface area (Å²) in [5, 5.41) is 9.05. The van der Waals surface area contributed by atoms with Crippen molar-refractivity contribution < 1.29 is 23.5 Å². The van der Waals surface area contributed by atoms with Crippen LogP contribution in [0.1, 0.15) is 34.8 Å². The number of benzene rings is 2. The highest BCUT2D eigenvalue weighted by atomic mass is 19.1. The third kappa shape index (κ3) is 4.92. The molecule has 0 aliphatic carbocycles. The summed E-state index contributed by atoms with van der Waals surface area (Å²) < 4.78 is 26.6. The second kappa shape index (κ2) is 8.93. The number of carbonyl (C=O) groups is 2. The lowest BCUT2D eigenvalue weighted by Crippen LogP contribution is -2.49. The van der Waals surface area contributed by atoms with Crippen LogP contribution in [0.4, 0.5) is 8.78 Å². The maximum atomic E-state index is 13.4. The van der Waals surface area contributed by atoms with E-state index in [2.05, 4.69) is 4.90 Å². The number of aliphatic carboxylic acids is 1. The van der Waals surface area contributed by atoms with Crippen molar-refractivity contribution in [1.82, 2.24) is 9.80 Å². The molecule has 1 fully saturated rings. The Hall–Kier alpha value is -2.80. The first kappa shape index (κ1) is 19.9. The second-order valence-electron chi connectivity index (χ2n) is 6.84. The zero-order chi connectivity index (χ0) is 20.1. The Balaban J connectivity index is 1.68. The van der Waals surface area contributed by atoms with E-state index in [0.29, 0.717) is 38.2 Å². The average Bonchev–Trinajstić information content (AvgIpc) is 2.69. The Morgan fingerprint density at radius 1 is 0.964 bits per heavy atom. The van der Waals surface area contributed by atoms with Crippen LogP contribution in [0.2, 0.25) is 0 Å². The Morgan fingerprint density at radius 2 is 1.64 bits per heavy atom. The number of nitrogens with zero attached hydrogens (tertiary/aromatic N) is 2. The van der Waals surface area contributed by atoms with Crippen molar-refractivity contribution in [3.63, 3.8) is 0 Å². The Bertz CT molecular complexity index is 834. The Labute approximate surface area is 162 Å². The quantitative estimate of drug-likeness (QED) is 0.825. The summed E-state index contributed by atoms with van der Waals surface area (Å²) in [6, 6.07) is 11.5. The molecular formula is C21H22F2N2O3. The van der Waals surface area contributed by atoms with Crippen LogP contribution in [-0.2, 0) is 4.79 Å². The van der Waals surface area contributed by atoms with Crippen molar-refractivity contribution in [2.75, 3.05) is 26.2 Å². The normalized spacial score (nSPS) is 16.0. The summed E-state index contributed by atoms with van der Waals surface area (Å²) in [7, 11) is 0. The van der Waals surface area contributed by atoms with E-state index in [4.69, 9.17) is 5.11 Å². The molecular weight excluding hydrogens is 366 g/mol. The van der Waals surface area contributed by atoms with Gasteiger partial charge in [-0.15, -0.1) is 0 Å². The van der Waals surface area contributed by atoms with E-state index >= 15 is 0 Å². The first-order valence-electron chi connectivity index (χ1n) is 9.20. The van der Waals surface area contributed by atoms with Gasteiger partial charge in [0.15, 0.2) is 0 Å². The average molecular weight is 388 g/mol. The molecule has 0 saturated carbocycles. The molecule has 1 heterocycles. The topological polar surface area (TPSA) is 60.9 Å². The molecule has 7 heteroatoms. The van der Waals surface area contributed by atoms with Crippen molar-refractivity contribution >= 4 is 11.9 Å². The number of carboxylic acid groups (broad SMARTS) is 1. The van der Waals surface area contributed by atoms with Gasteiger partial charge in [0.1, 0.15) is 11.6 Å². The molecule has 1 atom stereocenters. The first-order chi connectivity index (χ1) is 13.4. The number of amides is 1. The van der Waals surface area contributed by atoms with E-state index in [0.717, 1.165) is 5.56 Å². The first-order valence-corrected chi connectivity index (χ1v) is 9.20. The van der Waals surface area contributed by atoms with Crippen LogP contribution in [0.15, 0.2) is 48.5 Å². The van der Waals surface area contributed by atoms with E-state index in [1.165, 1.54) is 30.3 Å². The van der Waals surface area contributed by atoms with Crippen LogP contribution in [0.3, 0.4) is 0 Å². The molecule has 148 valence electrons. The highest BCUT2D eigenvalue weighted by Crippen LogP contribution is 2.27. The Morgan fingerprint density at radius 3 is 2.25 bits per heavy atom. The van der Waals surface area contributed by atoms with Gasteiger partial charge in [-0.1, -0.05) is 18.2 Å². The van der Waals surface area contributed by atoms with E-state index in [1.54, 1.807) is 23.1 Å². The SMILES string of the molecule is O=C(O)CC[C@H](c1ccc(F)cc1)N1CCN(C(=O)c2cccc(F)c2)CC1. The molecule has 1 N–H and O–H groups in total. The third-order valence-corrected chi connectivity index (χ3v) is 5.00. The van der Waals surface area contributed by atoms with Crippen molar-refractivity contribution in [3.05, 3.63) is 71.3 Å². The predicted octanol–water partition coefficient (Wildman–Crippen LogP) is 3.33. The molecule has 1 aliphatic heterocycles. The van der Waals surface area contributed by atoms with Crippen molar-refractivity contribution in [3.8, 4) is 0 Å². The number of halogens is 2. The van der Waals surface area contributed by atoms with E-state index in [-0.39, 0.29) is 24.2 Å². The molecule has 5 nitrogen and oxygen atoms in total. The lowest BCUT2D eigenvalue weighted by atomic mass is 9.99. The fraction of sp³-hybridized carbons (Fsp3) is 0.333. The van der Waals surface area contributed by atoms with Gasteiger partial charge in [0, 0.05) is 44.2 Å². The van der Waals surface area contributed by atoms with Crippen LogP contribution in [0.5, 0.6) is 0 Å². The molecule has 3 rings (SSSR count). The number of hydrogen-bond acceptors (Lipinski definition) is 3. The zero-order valence-corrected chi connectivity index (χ0v) is 15.4. The van der Waals surface area contributed by atoms with Crippen molar-refractivity contribution in [1.29, 1.82) is 0 Å². The number of piperazine rings is 1. The highest BCUT2D eigenvalue weighted by Gasteiger charge is 2.28. The van der Waals surface area contributed by atoms with Gasteiger partial charge in [-0.05, 0) is 42.3 Å². The number of rotatable bonds is 6. The number of hydrogen-bond donors (Lipinski definition) is 1. The van der Waals surface area contributed by atoms with Gasteiger partial charge >= 0.3 is 5.97 Å². The van der Waals surface area contributed by atoms with Gasteiger partial charge in [-0.2, -0.15) is 0 Å². The minimum absolute atomic E-state index is 0.00444. The maximum Gasteiger partial charge on any atom is 0.303 e. The van der Waals surface area contributed by atoms with Gasteiger partial charge in [-0.3, -0.25) is 14.5 Å². The molecule has 0 spiro atoms. The van der Waals surface area contributed by atoms with E-state index < -0.39 is 11.8 Å². The molecule has 28 heavy (non-hydrogen) atoms. The molecule has 2 aromatic rings. The van der Waals surface area contributed by atoms with Gasteiger partial charge in [-0.25, -0.2) is 8.78 Å². The van der Waals surface area contributed by atoms with Gasteiger partial charge in [0.25, 0.3) is 5.91 Å². The molecule has 2 aromatic carbocycles. The lowest BCUT2D eigenvalue weighted by molar-refractivity contribution is -0.137. The minimum atomic E-state index is -0.882. The molecule has 1 amide bonds. The van der Waals surface area contributed by atoms with Gasteiger partial charge in [0.05, 0.1) is 0 Å². The highest BCUT2D eigenvalue weighted by molar-refractivity contribution is 5.94. The van der Waals surface area contributed by atoms with Crippen molar-refractivity contribution in [2.24, 2.45) is 0 Å². The van der Waals surface area contributed by atoms with E-state index in [1.807, 2.05) is 0 Å². The smallest absolute Gasteiger partial charge is 0.303 e. The van der Waals surface area contributed by atoms with Crippen LogP contribution < -0.4 is 0 Å². The molecule has 0 radical (unpaired) electrons. The monoisotopic (exact) mass is 388 g/mol. The molecule has 1 aliphatic rings. The van der Waals surface area contributed by atoms with Crippen LogP contribution in [0.25, 0.3) is 0 Å². The standard InChI is InChI=1S/C21H22F2N2O3/c22-17-6-4-15(5-7-17)19(8-9-20(26)27)24-10-12-25(13-11-24)21(28)16-2-1-3-18(23)14-16/h1-7,14,19H,8-13H2,(H,26,27)/t19-/m1/s1. The minimum Gasteiger partial charge on any atom is -0.481 e. The maximum absolute atomic E-state index is 13.4. The molecule has 0 aromatic heterocycles. The summed E-state index contributed by atoms with van der Waals surface area (Å²) >= 11 is 0. The molecule has 0 bridgehead atoms. The summed E-state index contributed by atoms with van der Waals surface area (Å²) in [4.78, 5) is 27.4. The van der Waals surface area contributed by atoms with E-state index in [9.17, 15) is 18.4 Å². The summed E-state index contributed by atoms with van der Waals surface area (Å²) in [6.45, 7) is 2.03. The fourth-order valence-electron chi connectivity index (χ4n) is 3.55. The van der Waals surface area contributed by atoms with Gasteiger partial charge in [0.2, 0.25) is 0 Å². The summed E-state index contributed by atoms with van der Waals surface area (Å²) in [5.74, 6) is -1.89.